The van der Waals surface area contributed by atoms with Gasteiger partial charge in [0.15, 0.2) is 0 Å². The summed E-state index contributed by atoms with van der Waals surface area (Å²) in [5.74, 6) is 0. The zero-order valence-electron chi connectivity index (χ0n) is 11.1. The number of benzene rings is 1. The second-order valence-electron chi connectivity index (χ2n) is 4.51. The summed E-state index contributed by atoms with van der Waals surface area (Å²) in [6.45, 7) is 9.10. The van der Waals surface area contributed by atoms with Gasteiger partial charge in [-0.25, -0.2) is 0 Å². The van der Waals surface area contributed by atoms with Gasteiger partial charge in [-0.2, -0.15) is 0 Å². The Bertz CT molecular complexity index is 337. The molecule has 90 valence electrons. The Balaban J connectivity index is 3.32. The lowest BCUT2D eigenvalue weighted by molar-refractivity contribution is 0.572. The highest BCUT2D eigenvalue weighted by molar-refractivity contribution is 7.18. The van der Waals surface area contributed by atoms with E-state index in [1.165, 1.54) is 18.4 Å². The second kappa shape index (κ2) is 5.82. The molecule has 0 saturated heterocycles. The zero-order chi connectivity index (χ0) is 12.2. The topological polar surface area (TPSA) is 0 Å². The maximum Gasteiger partial charge on any atom is 0.00951 e. The summed E-state index contributed by atoms with van der Waals surface area (Å²) in [5, 5.41) is 0.274. The van der Waals surface area contributed by atoms with E-state index in [4.69, 9.17) is 0 Å². The van der Waals surface area contributed by atoms with Gasteiger partial charge in [-0.05, 0) is 42.4 Å². The van der Waals surface area contributed by atoms with Gasteiger partial charge in [0.05, 0.1) is 0 Å². The predicted octanol–water partition coefficient (Wildman–Crippen LogP) is 4.70. The molecule has 0 amide bonds. The minimum absolute atomic E-state index is 0.274. The first kappa shape index (κ1) is 13.7. The van der Waals surface area contributed by atoms with Crippen LogP contribution in [0.3, 0.4) is 0 Å². The van der Waals surface area contributed by atoms with Crippen molar-refractivity contribution >= 4 is 9.24 Å². The molecule has 0 aliphatic carbocycles. The third-order valence-electron chi connectivity index (χ3n) is 3.81. The standard InChI is InChI=1S/C15H25P/c1-5-12-10-9-11-14(13(12)6-2)15(16,7-3)8-4/h9-11H,5-8,16H2,1-4H3. The maximum atomic E-state index is 3.09. The monoisotopic (exact) mass is 236 g/mol. The van der Waals surface area contributed by atoms with Crippen molar-refractivity contribution in [1.82, 2.24) is 0 Å². The number of aryl methyl sites for hydroxylation is 1. The lowest BCUT2D eigenvalue weighted by atomic mass is 9.85. The Hall–Kier alpha value is -0.350. The summed E-state index contributed by atoms with van der Waals surface area (Å²) in [7, 11) is 3.09. The summed E-state index contributed by atoms with van der Waals surface area (Å²) >= 11 is 0. The molecule has 0 saturated carbocycles. The molecule has 0 N–H and O–H groups in total. The molecular formula is C15H25P. The minimum atomic E-state index is 0.274. The Morgan fingerprint density at radius 2 is 1.62 bits per heavy atom. The highest BCUT2D eigenvalue weighted by atomic mass is 31.0. The van der Waals surface area contributed by atoms with Crippen LogP contribution in [-0.2, 0) is 18.0 Å². The summed E-state index contributed by atoms with van der Waals surface area (Å²) in [6.07, 6.45) is 4.67. The number of hydrogen-bond donors (Lipinski definition) is 0. The van der Waals surface area contributed by atoms with Crippen LogP contribution in [0.5, 0.6) is 0 Å². The first-order valence-corrected chi connectivity index (χ1v) is 7.10. The molecule has 1 heteroatoms. The largest absolute Gasteiger partial charge is 0.126 e. The van der Waals surface area contributed by atoms with E-state index in [-0.39, 0.29) is 5.16 Å². The first-order chi connectivity index (χ1) is 7.62. The van der Waals surface area contributed by atoms with Crippen LogP contribution in [-0.4, -0.2) is 0 Å². The molecule has 1 atom stereocenters. The van der Waals surface area contributed by atoms with E-state index in [1.807, 2.05) is 0 Å². The fourth-order valence-corrected chi connectivity index (χ4v) is 2.75. The van der Waals surface area contributed by atoms with Gasteiger partial charge in [0.2, 0.25) is 0 Å². The molecule has 0 fully saturated rings. The van der Waals surface area contributed by atoms with Gasteiger partial charge in [0.25, 0.3) is 0 Å². The lowest BCUT2D eigenvalue weighted by Crippen LogP contribution is -2.18. The Kier molecular flexibility index (Phi) is 4.99. The van der Waals surface area contributed by atoms with Crippen molar-refractivity contribution in [2.45, 2.75) is 58.5 Å². The van der Waals surface area contributed by atoms with Crippen molar-refractivity contribution in [1.29, 1.82) is 0 Å². The quantitative estimate of drug-likeness (QED) is 0.650. The SMILES string of the molecule is CCc1cccc(C(P)(CC)CC)c1CC. The molecule has 0 aliphatic rings. The summed E-state index contributed by atoms with van der Waals surface area (Å²) in [4.78, 5) is 0. The summed E-state index contributed by atoms with van der Waals surface area (Å²) < 4.78 is 0. The van der Waals surface area contributed by atoms with Crippen LogP contribution in [0.15, 0.2) is 18.2 Å². The molecule has 0 heterocycles. The van der Waals surface area contributed by atoms with Crippen molar-refractivity contribution in [3.8, 4) is 0 Å². The first-order valence-electron chi connectivity index (χ1n) is 6.53. The molecule has 0 bridgehead atoms. The van der Waals surface area contributed by atoms with Crippen molar-refractivity contribution in [3.05, 3.63) is 34.9 Å². The molecule has 0 radical (unpaired) electrons. The van der Waals surface area contributed by atoms with Gasteiger partial charge in [0, 0.05) is 5.16 Å². The van der Waals surface area contributed by atoms with Crippen molar-refractivity contribution in [2.75, 3.05) is 0 Å². The van der Waals surface area contributed by atoms with Crippen molar-refractivity contribution in [3.63, 3.8) is 0 Å². The van der Waals surface area contributed by atoms with Crippen LogP contribution < -0.4 is 0 Å². The van der Waals surface area contributed by atoms with Gasteiger partial charge in [-0.15, -0.1) is 9.24 Å². The summed E-state index contributed by atoms with van der Waals surface area (Å²) in [5.41, 5.74) is 4.64. The fourth-order valence-electron chi connectivity index (χ4n) is 2.48. The van der Waals surface area contributed by atoms with Crippen molar-refractivity contribution < 1.29 is 0 Å². The van der Waals surface area contributed by atoms with Crippen LogP contribution in [0, 0.1) is 0 Å². The molecule has 16 heavy (non-hydrogen) atoms. The van der Waals surface area contributed by atoms with Crippen LogP contribution in [0.4, 0.5) is 0 Å². The van der Waals surface area contributed by atoms with Gasteiger partial charge in [-0.1, -0.05) is 45.9 Å². The Morgan fingerprint density at radius 3 is 2.06 bits per heavy atom. The highest BCUT2D eigenvalue weighted by Crippen LogP contribution is 2.41. The maximum absolute atomic E-state index is 3.09. The number of rotatable bonds is 5. The van der Waals surface area contributed by atoms with Crippen molar-refractivity contribution in [2.24, 2.45) is 0 Å². The molecule has 1 rings (SSSR count). The normalized spacial score (nSPS) is 11.8. The highest BCUT2D eigenvalue weighted by Gasteiger charge is 2.25. The smallest absolute Gasteiger partial charge is 0.00951 e. The molecule has 1 aromatic carbocycles. The van der Waals surface area contributed by atoms with E-state index >= 15 is 0 Å². The predicted molar refractivity (Wildman–Crippen MR) is 77.2 cm³/mol. The van der Waals surface area contributed by atoms with Gasteiger partial charge >= 0.3 is 0 Å². The average molecular weight is 236 g/mol. The van der Waals surface area contributed by atoms with E-state index in [9.17, 15) is 0 Å². The second-order valence-corrected chi connectivity index (χ2v) is 5.62. The van der Waals surface area contributed by atoms with Crippen LogP contribution in [0.2, 0.25) is 0 Å². The molecule has 1 unspecified atom stereocenters. The molecular weight excluding hydrogens is 211 g/mol. The van der Waals surface area contributed by atoms with E-state index in [0.29, 0.717) is 0 Å². The third-order valence-corrected chi connectivity index (χ3v) is 4.93. The van der Waals surface area contributed by atoms with E-state index in [1.54, 1.807) is 11.1 Å². The Labute approximate surface area is 103 Å². The Morgan fingerprint density at radius 1 is 1.00 bits per heavy atom. The third kappa shape index (κ3) is 2.48. The molecule has 0 aliphatic heterocycles. The molecule has 0 aromatic heterocycles. The summed E-state index contributed by atoms with van der Waals surface area (Å²) in [6, 6.07) is 6.81. The van der Waals surface area contributed by atoms with E-state index in [0.717, 1.165) is 12.8 Å². The molecule has 0 spiro atoms. The van der Waals surface area contributed by atoms with Crippen LogP contribution in [0.1, 0.15) is 57.2 Å². The molecule has 1 aromatic rings. The van der Waals surface area contributed by atoms with E-state index in [2.05, 4.69) is 55.1 Å². The lowest BCUT2D eigenvalue weighted by Gasteiger charge is -2.30. The average Bonchev–Trinajstić information content (AvgIpc) is 2.36. The van der Waals surface area contributed by atoms with Gasteiger partial charge < -0.3 is 0 Å². The van der Waals surface area contributed by atoms with Crippen LogP contribution in [0.25, 0.3) is 0 Å². The minimum Gasteiger partial charge on any atom is -0.126 e. The number of hydrogen-bond acceptors (Lipinski definition) is 0. The van der Waals surface area contributed by atoms with Gasteiger partial charge in [0.1, 0.15) is 0 Å². The van der Waals surface area contributed by atoms with E-state index < -0.39 is 0 Å². The fraction of sp³-hybridized carbons (Fsp3) is 0.600. The molecule has 0 nitrogen and oxygen atoms in total. The van der Waals surface area contributed by atoms with Gasteiger partial charge in [-0.3, -0.25) is 0 Å². The zero-order valence-corrected chi connectivity index (χ0v) is 12.3. The van der Waals surface area contributed by atoms with Crippen LogP contribution >= 0.6 is 9.24 Å².